The molecule has 0 unspecified atom stereocenters. The lowest BCUT2D eigenvalue weighted by molar-refractivity contribution is -0.00890. The Balaban J connectivity index is 1.91. The van der Waals surface area contributed by atoms with Gasteiger partial charge in [0.25, 0.3) is 0 Å². The van der Waals surface area contributed by atoms with Gasteiger partial charge in [-0.2, -0.15) is 0 Å². The van der Waals surface area contributed by atoms with Crippen molar-refractivity contribution in [2.45, 2.75) is 39.9 Å². The minimum absolute atomic E-state index is 0.0127. The number of hydrogen-bond donors (Lipinski definition) is 0. The van der Waals surface area contributed by atoms with Crippen LogP contribution in [0.3, 0.4) is 0 Å². The van der Waals surface area contributed by atoms with Crippen molar-refractivity contribution in [1.82, 2.24) is 0 Å². The summed E-state index contributed by atoms with van der Waals surface area (Å²) in [7, 11) is 1.54. The number of methoxy groups -OCH3 is 1. The van der Waals surface area contributed by atoms with Gasteiger partial charge in [-0.1, -0.05) is 12.1 Å². The first kappa shape index (κ1) is 27.2. The predicted octanol–water partition coefficient (Wildman–Crippen LogP) is 5.26. The normalized spacial score (nSPS) is 10.8. The summed E-state index contributed by atoms with van der Waals surface area (Å²) in [4.78, 5) is 36.7. The maximum atomic E-state index is 13.4. The molecule has 0 radical (unpaired) electrons. The molecule has 0 aliphatic rings. The van der Waals surface area contributed by atoms with Gasteiger partial charge in [0.1, 0.15) is 34.5 Å². The second-order valence-electron chi connectivity index (χ2n) is 8.15. The van der Waals surface area contributed by atoms with Gasteiger partial charge in [-0.05, 0) is 45.4 Å². The fourth-order valence-corrected chi connectivity index (χ4v) is 3.10. The van der Waals surface area contributed by atoms with Crippen molar-refractivity contribution in [3.05, 3.63) is 52.9 Å². The fourth-order valence-electron chi connectivity index (χ4n) is 3.10. The van der Waals surface area contributed by atoms with Crippen molar-refractivity contribution in [1.29, 1.82) is 0 Å². The molecule has 0 fully saturated rings. The molecule has 0 aliphatic heterocycles. The van der Waals surface area contributed by atoms with E-state index in [9.17, 15) is 14.4 Å². The van der Waals surface area contributed by atoms with Gasteiger partial charge in [0, 0.05) is 12.1 Å². The molecule has 37 heavy (non-hydrogen) atoms. The van der Waals surface area contributed by atoms with Crippen LogP contribution in [0.1, 0.15) is 27.7 Å². The molecule has 0 amide bonds. The molecular weight excluding hydrogens is 488 g/mol. The maximum Gasteiger partial charge on any atom is 0.511 e. The first-order chi connectivity index (χ1) is 17.7. The second-order valence-corrected chi connectivity index (χ2v) is 8.15. The van der Waals surface area contributed by atoms with Crippen molar-refractivity contribution in [3.8, 4) is 28.4 Å². The first-order valence-electron chi connectivity index (χ1n) is 11.3. The Morgan fingerprint density at radius 1 is 0.838 bits per heavy atom. The number of hydrogen-bond acceptors (Lipinski definition) is 11. The predicted molar refractivity (Wildman–Crippen MR) is 131 cm³/mol. The van der Waals surface area contributed by atoms with E-state index >= 15 is 0 Å². The lowest BCUT2D eigenvalue weighted by Crippen LogP contribution is -2.17. The van der Waals surface area contributed by atoms with E-state index in [-0.39, 0.29) is 40.2 Å². The molecule has 0 bridgehead atoms. The molecule has 3 rings (SSSR count). The van der Waals surface area contributed by atoms with Crippen LogP contribution in [0.5, 0.6) is 17.2 Å². The smallest absolute Gasteiger partial charge is 0.497 e. The molecule has 0 spiro atoms. The molecule has 11 heteroatoms. The second kappa shape index (κ2) is 12.5. The summed E-state index contributed by atoms with van der Waals surface area (Å²) in [5.41, 5.74) is 0.601. The van der Waals surface area contributed by atoms with Gasteiger partial charge in [-0.3, -0.25) is 4.79 Å². The van der Waals surface area contributed by atoms with E-state index in [1.165, 1.54) is 18.4 Å². The van der Waals surface area contributed by atoms with Crippen LogP contribution in [-0.4, -0.2) is 45.2 Å². The zero-order valence-electron chi connectivity index (χ0n) is 21.1. The Bertz CT molecular complexity index is 1280. The lowest BCUT2D eigenvalue weighted by Gasteiger charge is -2.14. The summed E-state index contributed by atoms with van der Waals surface area (Å²) in [6.07, 6.45) is -1.27. The number of benzene rings is 2. The molecule has 2 aromatic carbocycles. The van der Waals surface area contributed by atoms with Crippen LogP contribution in [0.25, 0.3) is 22.1 Å². The standard InChI is InChI=1S/C26H28O11/c1-15(2)36-25(28)34-13-32-19-10-21-23(22(11-19)33-14-35-26(29)37-16(3)4)24(27)20(12-31-21)17-6-8-18(30-5)9-7-17/h6-12,15-16H,13-14H2,1-5H3. The van der Waals surface area contributed by atoms with Gasteiger partial charge in [0.05, 0.1) is 24.9 Å². The van der Waals surface area contributed by atoms with Gasteiger partial charge >= 0.3 is 12.3 Å². The Morgan fingerprint density at radius 2 is 1.43 bits per heavy atom. The average Bonchev–Trinajstić information content (AvgIpc) is 2.83. The number of rotatable bonds is 10. The lowest BCUT2D eigenvalue weighted by atomic mass is 10.0. The summed E-state index contributed by atoms with van der Waals surface area (Å²) >= 11 is 0. The van der Waals surface area contributed by atoms with Crippen molar-refractivity contribution in [2.75, 3.05) is 20.7 Å². The highest BCUT2D eigenvalue weighted by atomic mass is 16.8. The van der Waals surface area contributed by atoms with Crippen molar-refractivity contribution in [3.63, 3.8) is 0 Å². The van der Waals surface area contributed by atoms with E-state index in [0.29, 0.717) is 11.3 Å². The van der Waals surface area contributed by atoms with E-state index in [0.717, 1.165) is 0 Å². The van der Waals surface area contributed by atoms with Crippen LogP contribution in [0.15, 0.2) is 51.9 Å². The first-order valence-corrected chi connectivity index (χ1v) is 11.3. The van der Waals surface area contributed by atoms with E-state index in [1.807, 2.05) is 0 Å². The highest BCUT2D eigenvalue weighted by Gasteiger charge is 2.18. The van der Waals surface area contributed by atoms with Crippen LogP contribution in [0.2, 0.25) is 0 Å². The van der Waals surface area contributed by atoms with Gasteiger partial charge in [-0.15, -0.1) is 0 Å². The molecule has 0 atom stereocenters. The molecule has 1 aromatic heterocycles. The summed E-state index contributed by atoms with van der Waals surface area (Å²) < 4.78 is 41.5. The number of carbonyl (C=O) groups excluding carboxylic acids is 2. The molecule has 0 saturated heterocycles. The number of ether oxygens (including phenoxy) is 7. The minimum Gasteiger partial charge on any atom is -0.497 e. The minimum atomic E-state index is -0.935. The molecule has 0 saturated carbocycles. The Kier molecular flexibility index (Phi) is 9.20. The highest BCUT2D eigenvalue weighted by Crippen LogP contribution is 2.32. The summed E-state index contributed by atoms with van der Waals surface area (Å²) in [6, 6.07) is 9.68. The molecule has 198 valence electrons. The van der Waals surface area contributed by atoms with E-state index in [2.05, 4.69) is 0 Å². The highest BCUT2D eigenvalue weighted by molar-refractivity contribution is 5.88. The maximum absolute atomic E-state index is 13.4. The van der Waals surface area contributed by atoms with Gasteiger partial charge in [-0.25, -0.2) is 9.59 Å². The Hall–Kier alpha value is -4.41. The summed E-state index contributed by atoms with van der Waals surface area (Å²) in [5, 5.41) is 0.0848. The molecule has 0 aliphatic carbocycles. The van der Waals surface area contributed by atoms with Crippen molar-refractivity contribution in [2.24, 2.45) is 0 Å². The monoisotopic (exact) mass is 516 g/mol. The SMILES string of the molecule is COc1ccc(-c2coc3cc(OCOC(=O)OC(C)C)cc(OCOC(=O)OC(C)C)c3c2=O)cc1. The Labute approximate surface area is 212 Å². The van der Waals surface area contributed by atoms with Crippen LogP contribution in [0.4, 0.5) is 9.59 Å². The van der Waals surface area contributed by atoms with Crippen LogP contribution < -0.4 is 19.6 Å². The third-order valence-corrected chi connectivity index (χ3v) is 4.67. The van der Waals surface area contributed by atoms with Gasteiger partial charge in [0.2, 0.25) is 19.0 Å². The third-order valence-electron chi connectivity index (χ3n) is 4.67. The zero-order valence-corrected chi connectivity index (χ0v) is 21.1. The van der Waals surface area contributed by atoms with E-state index in [4.69, 9.17) is 37.6 Å². The Morgan fingerprint density at radius 3 is 2.00 bits per heavy atom. The molecule has 1 heterocycles. The molecular formula is C26H28O11. The average molecular weight is 516 g/mol. The van der Waals surface area contributed by atoms with Crippen molar-refractivity contribution < 1.29 is 47.2 Å². The molecule has 0 N–H and O–H groups in total. The third kappa shape index (κ3) is 7.53. The van der Waals surface area contributed by atoms with Crippen molar-refractivity contribution >= 4 is 23.3 Å². The topological polar surface area (TPSA) is 129 Å². The summed E-state index contributed by atoms with van der Waals surface area (Å²) in [6.45, 7) is 5.67. The largest absolute Gasteiger partial charge is 0.511 e. The van der Waals surface area contributed by atoms with Crippen LogP contribution in [-0.2, 0) is 18.9 Å². The molecule has 11 nitrogen and oxygen atoms in total. The zero-order chi connectivity index (χ0) is 26.9. The molecule has 3 aromatic rings. The number of carbonyl (C=O) groups is 2. The quantitative estimate of drug-likeness (QED) is 0.258. The van der Waals surface area contributed by atoms with E-state index < -0.39 is 31.3 Å². The van der Waals surface area contributed by atoms with E-state index in [1.54, 1.807) is 59.1 Å². The van der Waals surface area contributed by atoms with Gasteiger partial charge < -0.3 is 37.6 Å². The number of fused-ring (bicyclic) bond motifs is 1. The van der Waals surface area contributed by atoms with Gasteiger partial charge in [0.15, 0.2) is 0 Å². The van der Waals surface area contributed by atoms with Crippen LogP contribution in [0, 0.1) is 0 Å². The fraction of sp³-hybridized carbons (Fsp3) is 0.346. The summed E-state index contributed by atoms with van der Waals surface area (Å²) in [5.74, 6) is 0.799. The van der Waals surface area contributed by atoms with Crippen LogP contribution >= 0.6 is 0 Å².